The summed E-state index contributed by atoms with van der Waals surface area (Å²) in [7, 11) is 0. The van der Waals surface area contributed by atoms with Crippen LogP contribution in [0.5, 0.6) is 11.5 Å². The topological polar surface area (TPSA) is 132 Å². The van der Waals surface area contributed by atoms with Crippen LogP contribution < -0.4 is 15.2 Å². The number of aryl methyl sites for hydroxylation is 1. The number of amides is 2. The second-order valence-electron chi connectivity index (χ2n) is 9.18. The molecule has 2 aromatic carbocycles. The number of primary amides is 1. The number of morpholine rings is 1. The molecule has 2 heterocycles. The highest BCUT2D eigenvalue weighted by atomic mass is 16.5. The van der Waals surface area contributed by atoms with Crippen molar-refractivity contribution in [3.8, 4) is 11.5 Å². The van der Waals surface area contributed by atoms with E-state index in [2.05, 4.69) is 4.90 Å². The van der Waals surface area contributed by atoms with Crippen LogP contribution in [-0.4, -0.2) is 85.1 Å². The van der Waals surface area contributed by atoms with Gasteiger partial charge in [0.1, 0.15) is 17.3 Å². The van der Waals surface area contributed by atoms with E-state index in [0.717, 1.165) is 18.7 Å². The lowest BCUT2D eigenvalue weighted by molar-refractivity contribution is -0.140. The van der Waals surface area contributed by atoms with Crippen molar-refractivity contribution in [1.29, 1.82) is 0 Å². The lowest BCUT2D eigenvalue weighted by atomic mass is 9.94. The molecular formula is C28H33N3O7. The Kier molecular flexibility index (Phi) is 8.65. The lowest BCUT2D eigenvalue weighted by Crippen LogP contribution is -2.42. The first-order chi connectivity index (χ1) is 18.3. The van der Waals surface area contributed by atoms with Gasteiger partial charge in [-0.15, -0.1) is 0 Å². The number of nitrogens with two attached hydrogens (primary N) is 1. The van der Waals surface area contributed by atoms with Crippen molar-refractivity contribution < 1.29 is 33.7 Å². The molecule has 10 nitrogen and oxygen atoms in total. The number of benzene rings is 2. The molecule has 3 N–H and O–H groups in total. The summed E-state index contributed by atoms with van der Waals surface area (Å²) >= 11 is 0. The molecule has 10 heteroatoms. The highest BCUT2D eigenvalue weighted by Gasteiger charge is 2.46. The summed E-state index contributed by atoms with van der Waals surface area (Å²) in [6.45, 7) is 7.55. The van der Waals surface area contributed by atoms with E-state index in [0.29, 0.717) is 55.5 Å². The zero-order valence-electron chi connectivity index (χ0n) is 21.6. The number of ketones is 1. The molecule has 0 aliphatic carbocycles. The third-order valence-electron chi connectivity index (χ3n) is 6.63. The van der Waals surface area contributed by atoms with Gasteiger partial charge >= 0.3 is 0 Å². The zero-order valence-corrected chi connectivity index (χ0v) is 21.6. The van der Waals surface area contributed by atoms with Crippen molar-refractivity contribution in [2.24, 2.45) is 5.73 Å². The Hall–Kier alpha value is -3.89. The molecule has 2 fully saturated rings. The Balaban J connectivity index is 1.71. The number of hydrogen-bond acceptors (Lipinski definition) is 8. The fourth-order valence-electron chi connectivity index (χ4n) is 4.70. The molecule has 0 radical (unpaired) electrons. The molecule has 2 saturated heterocycles. The predicted molar refractivity (Wildman–Crippen MR) is 140 cm³/mol. The fraction of sp³-hybridized carbons (Fsp3) is 0.393. The summed E-state index contributed by atoms with van der Waals surface area (Å²) in [5.74, 6) is -1.16. The Labute approximate surface area is 221 Å². The number of rotatable bonds is 10. The van der Waals surface area contributed by atoms with E-state index in [1.54, 1.807) is 42.5 Å². The molecule has 1 atom stereocenters. The van der Waals surface area contributed by atoms with Crippen LogP contribution in [0.3, 0.4) is 0 Å². The van der Waals surface area contributed by atoms with Crippen LogP contribution in [-0.2, 0) is 19.1 Å². The van der Waals surface area contributed by atoms with Crippen molar-refractivity contribution in [2.75, 3.05) is 52.6 Å². The van der Waals surface area contributed by atoms with Crippen LogP contribution in [0.25, 0.3) is 5.76 Å². The smallest absolute Gasteiger partial charge is 0.295 e. The van der Waals surface area contributed by atoms with Gasteiger partial charge in [0.25, 0.3) is 17.6 Å². The second kappa shape index (κ2) is 12.1. The van der Waals surface area contributed by atoms with Gasteiger partial charge in [0.2, 0.25) is 0 Å². The molecule has 2 aliphatic rings. The summed E-state index contributed by atoms with van der Waals surface area (Å²) < 4.78 is 16.4. The second-order valence-corrected chi connectivity index (χ2v) is 9.18. The maximum atomic E-state index is 13.3. The van der Waals surface area contributed by atoms with E-state index < -0.39 is 23.6 Å². The van der Waals surface area contributed by atoms with Gasteiger partial charge in [0.15, 0.2) is 6.61 Å². The number of aliphatic hydroxyl groups is 1. The van der Waals surface area contributed by atoms with Crippen molar-refractivity contribution in [2.45, 2.75) is 19.9 Å². The van der Waals surface area contributed by atoms with Gasteiger partial charge in [-0.2, -0.15) is 0 Å². The number of Topliss-reactive ketones (excluding diaryl/α,β-unsaturated/α-hetero) is 1. The fourth-order valence-corrected chi connectivity index (χ4v) is 4.70. The summed E-state index contributed by atoms with van der Waals surface area (Å²) in [5, 5.41) is 11.4. The Morgan fingerprint density at radius 1 is 1.08 bits per heavy atom. The molecule has 0 spiro atoms. The van der Waals surface area contributed by atoms with Crippen LogP contribution in [0.4, 0.5) is 0 Å². The average molecular weight is 524 g/mol. The molecule has 0 saturated carbocycles. The quantitative estimate of drug-likeness (QED) is 0.275. The van der Waals surface area contributed by atoms with Crippen LogP contribution in [0.2, 0.25) is 0 Å². The van der Waals surface area contributed by atoms with Gasteiger partial charge in [-0.05, 0) is 55.3 Å². The Bertz CT molecular complexity index is 1220. The molecule has 4 rings (SSSR count). The normalized spacial score (nSPS) is 19.5. The average Bonchev–Trinajstić information content (AvgIpc) is 3.17. The largest absolute Gasteiger partial charge is 0.507 e. The molecule has 202 valence electrons. The maximum Gasteiger partial charge on any atom is 0.295 e. The Morgan fingerprint density at radius 2 is 1.79 bits per heavy atom. The highest BCUT2D eigenvalue weighted by Crippen LogP contribution is 2.40. The molecule has 38 heavy (non-hydrogen) atoms. The SMILES string of the molecule is CCOc1ccc(C(O)=C2C(=O)C(=O)N(CCN3CCOCC3)C2c2ccc(OCC(N)=O)cc2)cc1C. The van der Waals surface area contributed by atoms with Crippen LogP contribution >= 0.6 is 0 Å². The molecule has 1 unspecified atom stereocenters. The van der Waals surface area contributed by atoms with Crippen molar-refractivity contribution >= 4 is 23.4 Å². The van der Waals surface area contributed by atoms with Crippen LogP contribution in [0, 0.1) is 6.92 Å². The summed E-state index contributed by atoms with van der Waals surface area (Å²) in [6.07, 6.45) is 0. The summed E-state index contributed by atoms with van der Waals surface area (Å²) in [5.41, 5.74) is 7.02. The van der Waals surface area contributed by atoms with Gasteiger partial charge in [0, 0.05) is 31.7 Å². The summed E-state index contributed by atoms with van der Waals surface area (Å²) in [6, 6.07) is 11.1. The zero-order chi connectivity index (χ0) is 27.2. The predicted octanol–water partition coefficient (Wildman–Crippen LogP) is 2.01. The molecule has 2 aromatic rings. The first-order valence-electron chi connectivity index (χ1n) is 12.6. The minimum absolute atomic E-state index is 0.0198. The maximum absolute atomic E-state index is 13.3. The molecular weight excluding hydrogens is 490 g/mol. The van der Waals surface area contributed by atoms with Gasteiger partial charge in [0.05, 0.1) is 31.4 Å². The van der Waals surface area contributed by atoms with E-state index in [-0.39, 0.29) is 17.9 Å². The number of carbonyl (C=O) groups is 3. The van der Waals surface area contributed by atoms with Crippen molar-refractivity contribution in [1.82, 2.24) is 9.80 Å². The third-order valence-corrected chi connectivity index (χ3v) is 6.63. The van der Waals surface area contributed by atoms with Crippen molar-refractivity contribution in [3.63, 3.8) is 0 Å². The van der Waals surface area contributed by atoms with E-state index >= 15 is 0 Å². The first kappa shape index (κ1) is 27.2. The van der Waals surface area contributed by atoms with Gasteiger partial charge in [-0.3, -0.25) is 19.3 Å². The lowest BCUT2D eigenvalue weighted by Gasteiger charge is -2.31. The van der Waals surface area contributed by atoms with E-state index in [9.17, 15) is 19.5 Å². The van der Waals surface area contributed by atoms with E-state index in [1.165, 1.54) is 4.90 Å². The third kappa shape index (κ3) is 5.98. The first-order valence-corrected chi connectivity index (χ1v) is 12.6. The van der Waals surface area contributed by atoms with Crippen LogP contribution in [0.15, 0.2) is 48.0 Å². The molecule has 0 aromatic heterocycles. The summed E-state index contributed by atoms with van der Waals surface area (Å²) in [4.78, 5) is 41.3. The van der Waals surface area contributed by atoms with Gasteiger partial charge in [-0.1, -0.05) is 12.1 Å². The molecule has 2 aliphatic heterocycles. The van der Waals surface area contributed by atoms with E-state index in [1.807, 2.05) is 13.8 Å². The monoisotopic (exact) mass is 523 g/mol. The highest BCUT2D eigenvalue weighted by molar-refractivity contribution is 6.46. The van der Waals surface area contributed by atoms with Gasteiger partial charge in [-0.25, -0.2) is 0 Å². The van der Waals surface area contributed by atoms with E-state index in [4.69, 9.17) is 19.9 Å². The number of ether oxygens (including phenoxy) is 3. The molecule has 2 amide bonds. The molecule has 0 bridgehead atoms. The number of aliphatic hydroxyl groups excluding tert-OH is 1. The minimum atomic E-state index is -0.798. The standard InChI is InChI=1S/C28H33N3O7/c1-3-37-22-9-6-20(16-18(22)2)26(33)24-25(19-4-7-21(8-5-19)38-17-23(29)32)31(28(35)27(24)34)11-10-30-12-14-36-15-13-30/h4-9,16,25,33H,3,10-15,17H2,1-2H3,(H2,29,32). The minimum Gasteiger partial charge on any atom is -0.507 e. The van der Waals surface area contributed by atoms with Gasteiger partial charge < -0.3 is 30.0 Å². The van der Waals surface area contributed by atoms with Crippen molar-refractivity contribution in [3.05, 3.63) is 64.7 Å². The van der Waals surface area contributed by atoms with Crippen LogP contribution in [0.1, 0.15) is 29.7 Å². The Morgan fingerprint density at radius 3 is 2.42 bits per heavy atom. The number of carbonyl (C=O) groups excluding carboxylic acids is 3. The number of nitrogens with zero attached hydrogens (tertiary/aromatic N) is 2. The number of likely N-dealkylation sites (tertiary alicyclic amines) is 1. The number of hydrogen-bond donors (Lipinski definition) is 2.